The van der Waals surface area contributed by atoms with E-state index >= 15 is 0 Å². The molecule has 0 aliphatic heterocycles. The van der Waals surface area contributed by atoms with E-state index in [-0.39, 0.29) is 21.3 Å². The Morgan fingerprint density at radius 2 is 2.04 bits per heavy atom. The normalized spacial score (nSPS) is 12.7. The van der Waals surface area contributed by atoms with E-state index in [1.54, 1.807) is 18.3 Å². The maximum atomic E-state index is 12.6. The monoisotopic (exact) mass is 428 g/mol. The summed E-state index contributed by atoms with van der Waals surface area (Å²) in [6, 6.07) is 8.80. The minimum Gasteiger partial charge on any atom is -0.351 e. The summed E-state index contributed by atoms with van der Waals surface area (Å²) in [5.41, 5.74) is 1.18. The van der Waals surface area contributed by atoms with Gasteiger partial charge in [-0.3, -0.25) is 0 Å². The fourth-order valence-electron chi connectivity index (χ4n) is 2.48. The van der Waals surface area contributed by atoms with Crippen molar-refractivity contribution in [2.45, 2.75) is 16.9 Å². The van der Waals surface area contributed by atoms with Crippen molar-refractivity contribution in [1.82, 2.24) is 19.8 Å². The molecule has 0 spiro atoms. The molecule has 4 rings (SSSR count). The molecule has 0 bridgehead atoms. The Kier molecular flexibility index (Phi) is 4.48. The number of nitrogens with zero attached hydrogens (tertiary/aromatic N) is 2. The van der Waals surface area contributed by atoms with Gasteiger partial charge in [0.2, 0.25) is 15.8 Å². The summed E-state index contributed by atoms with van der Waals surface area (Å²) in [4.78, 5) is 7.38. The number of hydrogen-bond acceptors (Lipinski definition) is 6. The van der Waals surface area contributed by atoms with Crippen molar-refractivity contribution in [3.8, 4) is 10.6 Å². The minimum atomic E-state index is -4.66. The standard InChI is InChI=1S/C16H11F3N4O3S2/c17-16(18,19)13-7-11(23-26-13)12-3-4-14(27-12)28(24,25)21-8-10-6-9-2-1-5-20-15(9)22-10/h1-7,21H,8H2,(H,20,22). The van der Waals surface area contributed by atoms with Gasteiger partial charge in [-0.25, -0.2) is 18.1 Å². The van der Waals surface area contributed by atoms with Crippen LogP contribution in [0.2, 0.25) is 0 Å². The average Bonchev–Trinajstić information content (AvgIpc) is 3.37. The maximum Gasteiger partial charge on any atom is 0.452 e. The Balaban J connectivity index is 1.51. The van der Waals surface area contributed by atoms with Crippen LogP contribution in [0.3, 0.4) is 0 Å². The van der Waals surface area contributed by atoms with Crippen molar-refractivity contribution >= 4 is 32.4 Å². The van der Waals surface area contributed by atoms with Gasteiger partial charge in [-0.2, -0.15) is 13.2 Å². The number of nitrogens with one attached hydrogen (secondary N) is 2. The number of aromatic nitrogens is 3. The largest absolute Gasteiger partial charge is 0.452 e. The summed E-state index contributed by atoms with van der Waals surface area (Å²) in [5.74, 6) is -1.24. The van der Waals surface area contributed by atoms with Gasteiger partial charge in [-0.05, 0) is 30.3 Å². The quantitative estimate of drug-likeness (QED) is 0.504. The number of fused-ring (bicyclic) bond motifs is 1. The van der Waals surface area contributed by atoms with Crippen LogP contribution in [0.1, 0.15) is 11.5 Å². The zero-order valence-electron chi connectivity index (χ0n) is 13.8. The molecular formula is C16H11F3N4O3S2. The molecule has 12 heteroatoms. The smallest absolute Gasteiger partial charge is 0.351 e. The highest BCUT2D eigenvalue weighted by molar-refractivity contribution is 7.91. The first kappa shape index (κ1) is 18.7. The van der Waals surface area contributed by atoms with E-state index in [1.165, 1.54) is 12.1 Å². The molecule has 2 N–H and O–H groups in total. The van der Waals surface area contributed by atoms with Gasteiger partial charge < -0.3 is 9.51 Å². The molecule has 4 aromatic heterocycles. The molecule has 0 atom stereocenters. The highest BCUT2D eigenvalue weighted by atomic mass is 32.2. The Bertz CT molecular complexity index is 1210. The molecule has 0 fully saturated rings. The molecule has 0 aliphatic carbocycles. The summed E-state index contributed by atoms with van der Waals surface area (Å²) < 4.78 is 69.4. The lowest BCUT2D eigenvalue weighted by atomic mass is 10.3. The molecule has 0 amide bonds. The van der Waals surface area contributed by atoms with E-state index in [9.17, 15) is 21.6 Å². The lowest BCUT2D eigenvalue weighted by Crippen LogP contribution is -2.22. The van der Waals surface area contributed by atoms with Crippen LogP contribution in [0.25, 0.3) is 21.6 Å². The summed E-state index contributed by atoms with van der Waals surface area (Å²) in [5, 5.41) is 4.20. The number of hydrogen-bond donors (Lipinski definition) is 2. The van der Waals surface area contributed by atoms with Crippen molar-refractivity contribution < 1.29 is 26.1 Å². The highest BCUT2D eigenvalue weighted by Crippen LogP contribution is 2.35. The number of sulfonamides is 1. The second kappa shape index (κ2) is 6.72. The van der Waals surface area contributed by atoms with Crippen LogP contribution >= 0.6 is 11.3 Å². The van der Waals surface area contributed by atoms with Gasteiger partial charge in [0.1, 0.15) is 15.6 Å². The van der Waals surface area contributed by atoms with Crippen LogP contribution in [0.5, 0.6) is 0 Å². The van der Waals surface area contributed by atoms with Crippen LogP contribution in [0.15, 0.2) is 51.3 Å². The lowest BCUT2D eigenvalue weighted by molar-refractivity contribution is -0.155. The van der Waals surface area contributed by atoms with E-state index in [4.69, 9.17) is 0 Å². The van der Waals surface area contributed by atoms with Gasteiger partial charge >= 0.3 is 6.18 Å². The molecule has 0 radical (unpaired) electrons. The van der Waals surface area contributed by atoms with Crippen LogP contribution < -0.4 is 4.72 Å². The van der Waals surface area contributed by atoms with Crippen molar-refractivity contribution in [2.75, 3.05) is 0 Å². The van der Waals surface area contributed by atoms with Crippen LogP contribution in [0, 0.1) is 0 Å². The lowest BCUT2D eigenvalue weighted by Gasteiger charge is -2.02. The molecule has 7 nitrogen and oxygen atoms in total. The van der Waals surface area contributed by atoms with Crippen molar-refractivity contribution in [3.05, 3.63) is 54.0 Å². The molecule has 0 aromatic carbocycles. The van der Waals surface area contributed by atoms with E-state index in [0.29, 0.717) is 11.3 Å². The van der Waals surface area contributed by atoms with Gasteiger partial charge in [0.25, 0.3) is 0 Å². The molecule has 4 heterocycles. The molecule has 146 valence electrons. The average molecular weight is 428 g/mol. The van der Waals surface area contributed by atoms with Gasteiger partial charge in [0.05, 0.1) is 11.4 Å². The number of pyridine rings is 1. The molecule has 28 heavy (non-hydrogen) atoms. The summed E-state index contributed by atoms with van der Waals surface area (Å²) >= 11 is 0.794. The second-order valence-electron chi connectivity index (χ2n) is 5.75. The summed E-state index contributed by atoms with van der Waals surface area (Å²) in [6.45, 7) is 0.00804. The number of H-pyrrole nitrogens is 1. The Hall–Kier alpha value is -2.70. The van der Waals surface area contributed by atoms with Crippen molar-refractivity contribution in [1.29, 1.82) is 0 Å². The SMILES string of the molecule is O=S(=O)(NCc1cc2cccnc2[nH]1)c1ccc(-c2cc(C(F)(F)F)on2)s1. The number of halogens is 3. The van der Waals surface area contributed by atoms with Crippen molar-refractivity contribution in [3.63, 3.8) is 0 Å². The molecule has 0 unspecified atom stereocenters. The Morgan fingerprint density at radius 1 is 1.21 bits per heavy atom. The second-order valence-corrected chi connectivity index (χ2v) is 8.83. The fraction of sp³-hybridized carbons (Fsp3) is 0.125. The number of alkyl halides is 3. The highest BCUT2D eigenvalue weighted by Gasteiger charge is 2.36. The third kappa shape index (κ3) is 3.66. The summed E-state index contributed by atoms with van der Waals surface area (Å²) in [7, 11) is -3.86. The first-order chi connectivity index (χ1) is 13.2. The Morgan fingerprint density at radius 3 is 2.75 bits per heavy atom. The molecule has 4 aromatic rings. The maximum absolute atomic E-state index is 12.6. The van der Waals surface area contributed by atoms with E-state index < -0.39 is 22.0 Å². The molecule has 0 aliphatic rings. The van der Waals surface area contributed by atoms with Crippen LogP contribution in [0.4, 0.5) is 13.2 Å². The minimum absolute atomic E-state index is 0.00804. The molecular weight excluding hydrogens is 417 g/mol. The third-order valence-corrected chi connectivity index (χ3v) is 6.79. The Labute approximate surface area is 160 Å². The topological polar surface area (TPSA) is 101 Å². The van der Waals surface area contributed by atoms with E-state index in [1.807, 2.05) is 6.07 Å². The first-order valence-corrected chi connectivity index (χ1v) is 10.1. The molecule has 0 saturated heterocycles. The van der Waals surface area contributed by atoms with Gasteiger partial charge in [-0.1, -0.05) is 5.16 Å². The van der Waals surface area contributed by atoms with Crippen LogP contribution in [-0.4, -0.2) is 23.5 Å². The first-order valence-electron chi connectivity index (χ1n) is 7.79. The van der Waals surface area contributed by atoms with Crippen molar-refractivity contribution in [2.24, 2.45) is 0 Å². The number of rotatable bonds is 5. The van der Waals surface area contributed by atoms with Gasteiger partial charge in [0.15, 0.2) is 0 Å². The van der Waals surface area contributed by atoms with E-state index in [2.05, 4.69) is 24.4 Å². The molecule has 0 saturated carbocycles. The zero-order chi connectivity index (χ0) is 19.9. The van der Waals surface area contributed by atoms with Crippen LogP contribution in [-0.2, 0) is 22.7 Å². The predicted molar refractivity (Wildman–Crippen MR) is 94.9 cm³/mol. The predicted octanol–water partition coefficient (Wildman–Crippen LogP) is 3.78. The van der Waals surface area contributed by atoms with E-state index in [0.717, 1.165) is 22.8 Å². The fourth-order valence-corrected chi connectivity index (χ4v) is 4.79. The van der Waals surface area contributed by atoms with Gasteiger partial charge in [-0.15, -0.1) is 11.3 Å². The number of aromatic amines is 1. The van der Waals surface area contributed by atoms with Gasteiger partial charge in [0, 0.05) is 23.3 Å². The summed E-state index contributed by atoms with van der Waals surface area (Å²) in [6.07, 6.45) is -3.04. The third-order valence-electron chi connectivity index (χ3n) is 3.79. The zero-order valence-corrected chi connectivity index (χ0v) is 15.5. The number of thiophene rings is 1.